The molecule has 0 unspecified atom stereocenters. The van der Waals surface area contributed by atoms with E-state index in [2.05, 4.69) is 24.5 Å². The Bertz CT molecular complexity index is 826. The highest BCUT2D eigenvalue weighted by Gasteiger charge is 2.11. The minimum absolute atomic E-state index is 0.0950. The Kier molecular flexibility index (Phi) is 8.17. The molecule has 0 aliphatic carbocycles. The number of rotatable bonds is 6. The Labute approximate surface area is 179 Å². The second kappa shape index (κ2) is 10.1. The van der Waals surface area contributed by atoms with Crippen molar-refractivity contribution in [1.82, 2.24) is 5.32 Å². The van der Waals surface area contributed by atoms with Gasteiger partial charge in [0.1, 0.15) is 5.75 Å². The number of carbonyl (C=O) groups excluding carboxylic acids is 1. The number of benzene rings is 2. The van der Waals surface area contributed by atoms with Crippen LogP contribution in [0.25, 0.3) is 0 Å². The molecule has 2 N–H and O–H groups in total. The molecule has 0 saturated carbocycles. The van der Waals surface area contributed by atoms with Gasteiger partial charge in [0.2, 0.25) is 0 Å². The predicted molar refractivity (Wildman–Crippen MR) is 117 cm³/mol. The Balaban J connectivity index is 1.92. The van der Waals surface area contributed by atoms with Crippen LogP contribution in [-0.2, 0) is 0 Å². The molecule has 27 heavy (non-hydrogen) atoms. The molecule has 0 aliphatic heterocycles. The zero-order valence-corrected chi connectivity index (χ0v) is 17.9. The Morgan fingerprint density at radius 1 is 1.07 bits per heavy atom. The van der Waals surface area contributed by atoms with Gasteiger partial charge in [0.15, 0.2) is 5.11 Å². The van der Waals surface area contributed by atoms with Crippen LogP contribution < -0.4 is 15.4 Å². The topological polar surface area (TPSA) is 50.4 Å². The van der Waals surface area contributed by atoms with E-state index in [0.29, 0.717) is 38.8 Å². The van der Waals surface area contributed by atoms with Gasteiger partial charge in [0, 0.05) is 5.56 Å². The number of carbonyl (C=O) groups is 1. The van der Waals surface area contributed by atoms with Crippen molar-refractivity contribution in [2.75, 3.05) is 11.9 Å². The van der Waals surface area contributed by atoms with Gasteiger partial charge in [0.05, 0.1) is 27.4 Å². The summed E-state index contributed by atoms with van der Waals surface area (Å²) in [5.41, 5.74) is 0.904. The maximum Gasteiger partial charge on any atom is 0.257 e. The van der Waals surface area contributed by atoms with E-state index in [1.807, 2.05) is 0 Å². The Morgan fingerprint density at radius 3 is 2.33 bits per heavy atom. The summed E-state index contributed by atoms with van der Waals surface area (Å²) < 4.78 is 5.64. The lowest BCUT2D eigenvalue weighted by Gasteiger charge is -2.12. The third-order valence-corrected chi connectivity index (χ3v) is 4.80. The van der Waals surface area contributed by atoms with E-state index in [4.69, 9.17) is 51.8 Å². The average Bonchev–Trinajstić information content (AvgIpc) is 2.60. The second-order valence-electron chi connectivity index (χ2n) is 6.21. The van der Waals surface area contributed by atoms with Gasteiger partial charge in [-0.1, -0.05) is 48.7 Å². The molecule has 0 bridgehead atoms. The molecule has 0 saturated heterocycles. The summed E-state index contributed by atoms with van der Waals surface area (Å²) in [5, 5.41) is 6.51. The molecule has 0 fully saturated rings. The van der Waals surface area contributed by atoms with Crippen LogP contribution >= 0.6 is 47.0 Å². The van der Waals surface area contributed by atoms with E-state index >= 15 is 0 Å². The summed E-state index contributed by atoms with van der Waals surface area (Å²) >= 11 is 23.1. The van der Waals surface area contributed by atoms with Crippen molar-refractivity contribution in [2.45, 2.75) is 20.3 Å². The van der Waals surface area contributed by atoms with Crippen LogP contribution in [0.2, 0.25) is 15.1 Å². The van der Waals surface area contributed by atoms with E-state index in [-0.39, 0.29) is 11.0 Å². The molecule has 2 aromatic carbocycles. The van der Waals surface area contributed by atoms with Crippen molar-refractivity contribution < 1.29 is 9.53 Å². The number of nitrogens with one attached hydrogen (secondary N) is 2. The molecule has 1 amide bonds. The number of halogens is 3. The van der Waals surface area contributed by atoms with E-state index in [0.717, 1.165) is 12.2 Å². The molecule has 2 aromatic rings. The van der Waals surface area contributed by atoms with E-state index in [1.54, 1.807) is 24.3 Å². The molecule has 4 nitrogen and oxygen atoms in total. The second-order valence-corrected chi connectivity index (χ2v) is 7.84. The van der Waals surface area contributed by atoms with Crippen molar-refractivity contribution in [3.8, 4) is 5.75 Å². The summed E-state index contributed by atoms with van der Waals surface area (Å²) in [6.45, 7) is 4.92. The van der Waals surface area contributed by atoms with Gasteiger partial charge >= 0.3 is 0 Å². The monoisotopic (exact) mass is 444 g/mol. The number of thiocarbonyl (C=S) groups is 1. The van der Waals surface area contributed by atoms with Gasteiger partial charge in [-0.2, -0.15) is 0 Å². The molecule has 0 aliphatic rings. The largest absolute Gasteiger partial charge is 0.494 e. The summed E-state index contributed by atoms with van der Waals surface area (Å²) in [6.07, 6.45) is 0.972. The number of hydrogen-bond donors (Lipinski definition) is 2. The zero-order chi connectivity index (χ0) is 20.0. The summed E-state index contributed by atoms with van der Waals surface area (Å²) in [5.74, 6) is 0.945. The first-order chi connectivity index (χ1) is 12.8. The first kappa shape index (κ1) is 21.8. The van der Waals surface area contributed by atoms with Crippen LogP contribution in [0.4, 0.5) is 5.69 Å². The SMILES string of the molecule is CC(C)CCOc1ccc(C(=O)NC(=S)Nc2cc(Cl)c(Cl)cc2Cl)cc1. The van der Waals surface area contributed by atoms with Gasteiger partial charge in [-0.15, -0.1) is 0 Å². The van der Waals surface area contributed by atoms with E-state index in [9.17, 15) is 4.79 Å². The van der Waals surface area contributed by atoms with Crippen molar-refractivity contribution in [2.24, 2.45) is 5.92 Å². The van der Waals surface area contributed by atoms with Gasteiger partial charge in [-0.25, -0.2) is 0 Å². The zero-order valence-electron chi connectivity index (χ0n) is 14.8. The van der Waals surface area contributed by atoms with Crippen LogP contribution in [0.3, 0.4) is 0 Å². The normalized spacial score (nSPS) is 10.6. The molecule has 2 rings (SSSR count). The molecule has 0 heterocycles. The van der Waals surface area contributed by atoms with Crippen LogP contribution in [-0.4, -0.2) is 17.6 Å². The van der Waals surface area contributed by atoms with Crippen molar-refractivity contribution in [3.05, 3.63) is 57.0 Å². The maximum absolute atomic E-state index is 12.3. The highest BCUT2D eigenvalue weighted by Crippen LogP contribution is 2.32. The smallest absolute Gasteiger partial charge is 0.257 e. The van der Waals surface area contributed by atoms with E-state index in [1.165, 1.54) is 12.1 Å². The van der Waals surface area contributed by atoms with Gasteiger partial charge in [-0.05, 0) is 61.0 Å². The molecular weight excluding hydrogens is 427 g/mol. The minimum Gasteiger partial charge on any atom is -0.494 e. The van der Waals surface area contributed by atoms with Crippen LogP contribution in [0.1, 0.15) is 30.6 Å². The van der Waals surface area contributed by atoms with Crippen LogP contribution in [0.5, 0.6) is 5.75 Å². The first-order valence-electron chi connectivity index (χ1n) is 8.26. The third kappa shape index (κ3) is 6.85. The summed E-state index contributed by atoms with van der Waals surface area (Å²) in [7, 11) is 0. The molecule has 0 aromatic heterocycles. The maximum atomic E-state index is 12.3. The fraction of sp³-hybridized carbons (Fsp3) is 0.263. The third-order valence-electron chi connectivity index (χ3n) is 3.57. The Hall–Kier alpha value is -1.53. The summed E-state index contributed by atoms with van der Waals surface area (Å²) in [4.78, 5) is 12.3. The van der Waals surface area contributed by atoms with Gasteiger partial charge in [-0.3, -0.25) is 10.1 Å². The molecule has 0 radical (unpaired) electrons. The number of amides is 1. The van der Waals surface area contributed by atoms with Crippen molar-refractivity contribution >= 4 is 63.7 Å². The minimum atomic E-state index is -0.350. The van der Waals surface area contributed by atoms with Crippen LogP contribution in [0, 0.1) is 5.92 Å². The number of ether oxygens (including phenoxy) is 1. The first-order valence-corrected chi connectivity index (χ1v) is 9.80. The molecule has 0 atom stereocenters. The highest BCUT2D eigenvalue weighted by atomic mass is 35.5. The highest BCUT2D eigenvalue weighted by molar-refractivity contribution is 7.80. The number of hydrogen-bond acceptors (Lipinski definition) is 3. The Morgan fingerprint density at radius 2 is 1.70 bits per heavy atom. The summed E-state index contributed by atoms with van der Waals surface area (Å²) in [6, 6.07) is 9.89. The lowest BCUT2D eigenvalue weighted by molar-refractivity contribution is 0.0977. The van der Waals surface area contributed by atoms with Crippen molar-refractivity contribution in [3.63, 3.8) is 0 Å². The number of anilines is 1. The van der Waals surface area contributed by atoms with Crippen LogP contribution in [0.15, 0.2) is 36.4 Å². The fourth-order valence-corrected chi connectivity index (χ4v) is 2.86. The van der Waals surface area contributed by atoms with E-state index < -0.39 is 0 Å². The van der Waals surface area contributed by atoms with Gasteiger partial charge in [0.25, 0.3) is 5.91 Å². The predicted octanol–water partition coefficient (Wildman–Crippen LogP) is 6.20. The average molecular weight is 446 g/mol. The lowest BCUT2D eigenvalue weighted by Crippen LogP contribution is -2.34. The molecule has 144 valence electrons. The standard InChI is InChI=1S/C19H19Cl3N2O2S/c1-11(2)7-8-26-13-5-3-12(4-6-13)18(25)24-19(27)23-17-10-15(21)14(20)9-16(17)22/h3-6,9-11H,7-8H2,1-2H3,(H2,23,24,25,27). The lowest BCUT2D eigenvalue weighted by atomic mass is 10.1. The molecule has 0 spiro atoms. The molecular formula is C19H19Cl3N2O2S. The fourth-order valence-electron chi connectivity index (χ4n) is 2.06. The van der Waals surface area contributed by atoms with Gasteiger partial charge < -0.3 is 10.1 Å². The quantitative estimate of drug-likeness (QED) is 0.410. The molecule has 8 heteroatoms. The van der Waals surface area contributed by atoms with Crippen molar-refractivity contribution in [1.29, 1.82) is 0 Å².